The van der Waals surface area contributed by atoms with Crippen LogP contribution in [0, 0.1) is 0 Å². The quantitative estimate of drug-likeness (QED) is 0.136. The number of anilines is 1. The Morgan fingerprint density at radius 1 is 0.927 bits per heavy atom. The molecule has 9 nitrogen and oxygen atoms in total. The van der Waals surface area contributed by atoms with E-state index in [1.54, 1.807) is 42.7 Å². The van der Waals surface area contributed by atoms with E-state index in [0.717, 1.165) is 36.8 Å². The number of nitrogens with zero attached hydrogens (tertiary/aromatic N) is 3. The molecule has 2 aromatic carbocycles. The molecule has 0 fully saturated rings. The SMILES string of the molecule is CCCCCCCCc1noc(-c2ccc(S(=O)(=O)Nc3ccc(CCNCC(O)c4cccnc4)cc3)cc2)n1. The second-order valence-corrected chi connectivity index (χ2v) is 11.8. The minimum atomic E-state index is -3.76. The van der Waals surface area contributed by atoms with Gasteiger partial charge in [0.1, 0.15) is 0 Å². The van der Waals surface area contributed by atoms with Crippen LogP contribution in [0.2, 0.25) is 0 Å². The van der Waals surface area contributed by atoms with E-state index in [1.165, 1.54) is 37.8 Å². The molecule has 0 aliphatic heterocycles. The fourth-order valence-corrected chi connectivity index (χ4v) is 5.49. The van der Waals surface area contributed by atoms with Crippen molar-refractivity contribution in [3.8, 4) is 11.5 Å². The maximum atomic E-state index is 12.9. The summed E-state index contributed by atoms with van der Waals surface area (Å²) in [5, 5.41) is 17.5. The van der Waals surface area contributed by atoms with Crippen molar-refractivity contribution in [1.82, 2.24) is 20.4 Å². The normalized spacial score (nSPS) is 12.3. The zero-order valence-corrected chi connectivity index (χ0v) is 24.3. The smallest absolute Gasteiger partial charge is 0.261 e. The Bertz CT molecular complexity index is 1430. The number of rotatable bonds is 17. The molecule has 0 spiro atoms. The predicted molar refractivity (Wildman–Crippen MR) is 160 cm³/mol. The molecule has 4 aromatic rings. The summed E-state index contributed by atoms with van der Waals surface area (Å²) >= 11 is 0. The number of aliphatic hydroxyl groups is 1. The fraction of sp³-hybridized carbons (Fsp3) is 0.387. The lowest BCUT2D eigenvalue weighted by Crippen LogP contribution is -2.23. The molecule has 0 radical (unpaired) electrons. The number of aromatic nitrogens is 3. The Morgan fingerprint density at radius 3 is 2.41 bits per heavy atom. The Balaban J connectivity index is 1.23. The Labute approximate surface area is 242 Å². The average molecular weight is 578 g/mol. The van der Waals surface area contributed by atoms with Gasteiger partial charge in [-0.25, -0.2) is 8.42 Å². The monoisotopic (exact) mass is 577 g/mol. The van der Waals surface area contributed by atoms with Crippen LogP contribution in [0.3, 0.4) is 0 Å². The highest BCUT2D eigenvalue weighted by Gasteiger charge is 2.16. The van der Waals surface area contributed by atoms with E-state index < -0.39 is 16.1 Å². The van der Waals surface area contributed by atoms with Crippen LogP contribution in [0.15, 0.2) is 82.5 Å². The first-order chi connectivity index (χ1) is 19.9. The molecular weight excluding hydrogens is 538 g/mol. The van der Waals surface area contributed by atoms with E-state index in [0.29, 0.717) is 36.1 Å². The van der Waals surface area contributed by atoms with E-state index in [2.05, 4.69) is 32.1 Å². The van der Waals surface area contributed by atoms with E-state index in [-0.39, 0.29) is 4.90 Å². The average Bonchev–Trinajstić information content (AvgIpc) is 3.47. The topological polar surface area (TPSA) is 130 Å². The first-order valence-electron chi connectivity index (χ1n) is 14.3. The van der Waals surface area contributed by atoms with Crippen LogP contribution in [0.5, 0.6) is 0 Å². The van der Waals surface area contributed by atoms with E-state index in [9.17, 15) is 13.5 Å². The number of hydrogen-bond donors (Lipinski definition) is 3. The molecule has 0 amide bonds. The third kappa shape index (κ3) is 9.48. The lowest BCUT2D eigenvalue weighted by atomic mass is 10.1. The predicted octanol–water partition coefficient (Wildman–Crippen LogP) is 5.70. The number of nitrogens with one attached hydrogen (secondary N) is 2. The van der Waals surface area contributed by atoms with E-state index in [1.807, 2.05) is 18.2 Å². The second kappa shape index (κ2) is 15.4. The number of benzene rings is 2. The number of hydrogen-bond acceptors (Lipinski definition) is 8. The second-order valence-electron chi connectivity index (χ2n) is 10.1. The Hall–Kier alpha value is -3.60. The van der Waals surface area contributed by atoms with E-state index >= 15 is 0 Å². The van der Waals surface area contributed by atoms with Gasteiger partial charge in [0.2, 0.25) is 0 Å². The van der Waals surface area contributed by atoms with Crippen molar-refractivity contribution in [3.05, 3.63) is 90.0 Å². The maximum absolute atomic E-state index is 12.9. The van der Waals surface area contributed by atoms with Crippen molar-refractivity contribution >= 4 is 15.7 Å². The first kappa shape index (κ1) is 30.4. The van der Waals surface area contributed by atoms with Crippen molar-refractivity contribution in [3.63, 3.8) is 0 Å². The lowest BCUT2D eigenvalue weighted by Gasteiger charge is -2.12. The summed E-state index contributed by atoms with van der Waals surface area (Å²) in [6.07, 6.45) is 11.4. The molecule has 0 aliphatic carbocycles. The van der Waals surface area contributed by atoms with Crippen LogP contribution >= 0.6 is 0 Å². The number of sulfonamides is 1. The molecular formula is C31H39N5O4S. The Morgan fingerprint density at radius 2 is 1.68 bits per heavy atom. The Kier molecular flexibility index (Phi) is 11.4. The molecule has 10 heteroatoms. The van der Waals surface area contributed by atoms with Gasteiger partial charge in [0.05, 0.1) is 11.0 Å². The van der Waals surface area contributed by atoms with Gasteiger partial charge in [-0.1, -0.05) is 62.4 Å². The minimum Gasteiger partial charge on any atom is -0.387 e. The summed E-state index contributed by atoms with van der Waals surface area (Å²) in [5.41, 5.74) is 2.98. The third-order valence-corrected chi connectivity index (χ3v) is 8.23. The highest BCUT2D eigenvalue weighted by molar-refractivity contribution is 7.92. The standard InChI is InChI=1S/C31H39N5O4S/c1-2-3-4-5-6-7-10-30-34-31(40-35-30)25-13-17-28(18-14-25)41(38,39)36-27-15-11-24(12-16-27)19-21-33-23-29(37)26-9-8-20-32-22-26/h8-9,11-18,20,22,29,33,36-37H,2-7,10,19,21,23H2,1H3. The molecule has 0 saturated heterocycles. The molecule has 1 atom stereocenters. The molecule has 0 saturated carbocycles. The highest BCUT2D eigenvalue weighted by atomic mass is 32.2. The van der Waals surface area contributed by atoms with Gasteiger partial charge in [-0.2, -0.15) is 4.98 Å². The summed E-state index contributed by atoms with van der Waals surface area (Å²) in [6.45, 7) is 3.31. The van der Waals surface area contributed by atoms with Crippen LogP contribution in [0.25, 0.3) is 11.5 Å². The van der Waals surface area contributed by atoms with Gasteiger partial charge in [0.25, 0.3) is 15.9 Å². The van der Waals surface area contributed by atoms with Gasteiger partial charge in [-0.15, -0.1) is 0 Å². The summed E-state index contributed by atoms with van der Waals surface area (Å²) in [4.78, 5) is 8.64. The van der Waals surface area contributed by atoms with Crippen LogP contribution in [-0.4, -0.2) is 41.7 Å². The molecule has 2 heterocycles. The van der Waals surface area contributed by atoms with E-state index in [4.69, 9.17) is 4.52 Å². The van der Waals surface area contributed by atoms with Crippen molar-refractivity contribution in [2.24, 2.45) is 0 Å². The van der Waals surface area contributed by atoms with Gasteiger partial charge >= 0.3 is 0 Å². The molecule has 0 bridgehead atoms. The molecule has 4 rings (SSSR count). The van der Waals surface area contributed by atoms with Crippen molar-refractivity contribution in [2.45, 2.75) is 69.3 Å². The third-order valence-electron chi connectivity index (χ3n) is 6.84. The fourth-order valence-electron chi connectivity index (χ4n) is 4.43. The number of pyridine rings is 1. The number of unbranched alkanes of at least 4 members (excludes halogenated alkanes) is 5. The largest absolute Gasteiger partial charge is 0.387 e. The first-order valence-corrected chi connectivity index (χ1v) is 15.8. The summed E-state index contributed by atoms with van der Waals surface area (Å²) in [5.74, 6) is 1.06. The van der Waals surface area contributed by atoms with Gasteiger partial charge in [0, 0.05) is 42.2 Å². The molecule has 41 heavy (non-hydrogen) atoms. The van der Waals surface area contributed by atoms with Crippen molar-refractivity contribution in [1.29, 1.82) is 0 Å². The van der Waals surface area contributed by atoms with Gasteiger partial charge in [0.15, 0.2) is 5.82 Å². The zero-order chi connectivity index (χ0) is 28.9. The van der Waals surface area contributed by atoms with Crippen molar-refractivity contribution < 1.29 is 18.0 Å². The van der Waals surface area contributed by atoms with Gasteiger partial charge < -0.3 is 14.9 Å². The van der Waals surface area contributed by atoms with Crippen LogP contribution in [0.4, 0.5) is 5.69 Å². The molecule has 218 valence electrons. The van der Waals surface area contributed by atoms with Crippen LogP contribution in [-0.2, 0) is 22.9 Å². The van der Waals surface area contributed by atoms with Crippen LogP contribution < -0.4 is 10.0 Å². The maximum Gasteiger partial charge on any atom is 0.261 e. The highest BCUT2D eigenvalue weighted by Crippen LogP contribution is 2.22. The minimum absolute atomic E-state index is 0.147. The summed E-state index contributed by atoms with van der Waals surface area (Å²) in [7, 11) is -3.76. The zero-order valence-electron chi connectivity index (χ0n) is 23.5. The number of aliphatic hydroxyl groups excluding tert-OH is 1. The molecule has 2 aromatic heterocycles. The molecule has 0 aliphatic rings. The number of aryl methyl sites for hydroxylation is 1. The van der Waals surface area contributed by atoms with Gasteiger partial charge in [-0.3, -0.25) is 9.71 Å². The van der Waals surface area contributed by atoms with Crippen molar-refractivity contribution in [2.75, 3.05) is 17.8 Å². The molecule has 1 unspecified atom stereocenters. The van der Waals surface area contributed by atoms with Crippen LogP contribution in [0.1, 0.15) is 68.5 Å². The van der Waals surface area contributed by atoms with Gasteiger partial charge in [-0.05, 0) is 67.4 Å². The molecule has 3 N–H and O–H groups in total. The summed E-state index contributed by atoms with van der Waals surface area (Å²) in [6, 6.07) is 17.3. The lowest BCUT2D eigenvalue weighted by molar-refractivity contribution is 0.174. The summed E-state index contributed by atoms with van der Waals surface area (Å²) < 4.78 is 33.9.